The van der Waals surface area contributed by atoms with Crippen molar-refractivity contribution in [1.29, 1.82) is 0 Å². The fraction of sp³-hybridized carbons (Fsp3) is 0.833. The summed E-state index contributed by atoms with van der Waals surface area (Å²) in [5, 5.41) is 17.6. The van der Waals surface area contributed by atoms with E-state index in [1.807, 2.05) is 0 Å². The molecule has 0 atom stereocenters. The Bertz CT molecular complexity index is 298. The molecule has 1 aliphatic rings. The molecule has 0 aromatic rings. The van der Waals surface area contributed by atoms with E-state index in [-0.39, 0.29) is 11.9 Å². The van der Waals surface area contributed by atoms with Gasteiger partial charge in [-0.3, -0.25) is 0 Å². The standard InChI is InChI=1S/C12H24N4O2/c1-2-3-9-14-11(17)15-12(10(13)16-18)7-5-4-6-8-12/h18H,2-9H2,1H3,(H2,13,16)(H2,14,15,17). The number of nitrogens with two attached hydrogens (primary N) is 1. The van der Waals surface area contributed by atoms with E-state index < -0.39 is 5.54 Å². The number of urea groups is 1. The molecule has 0 unspecified atom stereocenters. The maximum absolute atomic E-state index is 11.8. The minimum atomic E-state index is -0.677. The molecule has 1 rings (SSSR count). The van der Waals surface area contributed by atoms with E-state index in [0.717, 1.165) is 44.9 Å². The van der Waals surface area contributed by atoms with Crippen LogP contribution >= 0.6 is 0 Å². The van der Waals surface area contributed by atoms with Crippen molar-refractivity contribution in [2.45, 2.75) is 57.4 Å². The average molecular weight is 256 g/mol. The first-order chi connectivity index (χ1) is 8.64. The van der Waals surface area contributed by atoms with E-state index in [4.69, 9.17) is 10.9 Å². The van der Waals surface area contributed by atoms with Gasteiger partial charge in [-0.05, 0) is 19.3 Å². The maximum Gasteiger partial charge on any atom is 0.315 e. The number of carbonyl (C=O) groups excluding carboxylic acids is 1. The van der Waals surface area contributed by atoms with Crippen LogP contribution < -0.4 is 16.4 Å². The molecule has 0 heterocycles. The van der Waals surface area contributed by atoms with Gasteiger partial charge in [-0.15, -0.1) is 0 Å². The Morgan fingerprint density at radius 2 is 2.06 bits per heavy atom. The summed E-state index contributed by atoms with van der Waals surface area (Å²) in [6.45, 7) is 2.72. The van der Waals surface area contributed by atoms with Crippen molar-refractivity contribution >= 4 is 11.9 Å². The summed E-state index contributed by atoms with van der Waals surface area (Å²) < 4.78 is 0. The molecular formula is C12H24N4O2. The van der Waals surface area contributed by atoms with Crippen LogP contribution in [0.15, 0.2) is 5.16 Å². The van der Waals surface area contributed by atoms with Crippen LogP contribution in [0.2, 0.25) is 0 Å². The normalized spacial score (nSPS) is 19.3. The van der Waals surface area contributed by atoms with Gasteiger partial charge in [-0.25, -0.2) is 4.79 Å². The summed E-state index contributed by atoms with van der Waals surface area (Å²) in [6.07, 6.45) is 6.51. The average Bonchev–Trinajstić information content (AvgIpc) is 2.39. The van der Waals surface area contributed by atoms with Crippen molar-refractivity contribution in [3.63, 3.8) is 0 Å². The van der Waals surface area contributed by atoms with Crippen molar-refractivity contribution in [2.75, 3.05) is 6.54 Å². The first-order valence-corrected chi connectivity index (χ1v) is 6.68. The van der Waals surface area contributed by atoms with Crippen LogP contribution in [0.5, 0.6) is 0 Å². The van der Waals surface area contributed by atoms with E-state index in [9.17, 15) is 4.79 Å². The second-order valence-electron chi connectivity index (χ2n) is 4.86. The zero-order chi connectivity index (χ0) is 13.4. The largest absolute Gasteiger partial charge is 0.409 e. The lowest BCUT2D eigenvalue weighted by Crippen LogP contribution is -2.60. The van der Waals surface area contributed by atoms with Gasteiger partial charge in [-0.2, -0.15) is 0 Å². The summed E-state index contributed by atoms with van der Waals surface area (Å²) in [4.78, 5) is 11.8. The van der Waals surface area contributed by atoms with Gasteiger partial charge in [0.15, 0.2) is 5.84 Å². The highest BCUT2D eigenvalue weighted by atomic mass is 16.4. The zero-order valence-electron chi connectivity index (χ0n) is 11.0. The number of nitrogens with zero attached hydrogens (tertiary/aromatic N) is 1. The second-order valence-corrected chi connectivity index (χ2v) is 4.86. The number of nitrogens with one attached hydrogen (secondary N) is 2. The Morgan fingerprint density at radius 1 is 1.39 bits per heavy atom. The monoisotopic (exact) mass is 256 g/mol. The first kappa shape index (κ1) is 14.6. The molecule has 0 aliphatic heterocycles. The van der Waals surface area contributed by atoms with Crippen molar-refractivity contribution in [1.82, 2.24) is 10.6 Å². The molecule has 0 saturated heterocycles. The highest BCUT2D eigenvalue weighted by Gasteiger charge is 2.38. The number of hydrogen-bond donors (Lipinski definition) is 4. The van der Waals surface area contributed by atoms with E-state index in [1.54, 1.807) is 0 Å². The maximum atomic E-state index is 11.8. The fourth-order valence-corrected chi connectivity index (χ4v) is 2.34. The van der Waals surface area contributed by atoms with E-state index >= 15 is 0 Å². The molecule has 1 fully saturated rings. The minimum absolute atomic E-state index is 0.104. The van der Waals surface area contributed by atoms with Gasteiger partial charge in [0, 0.05) is 6.54 Å². The van der Waals surface area contributed by atoms with Gasteiger partial charge >= 0.3 is 6.03 Å². The molecule has 1 aliphatic carbocycles. The molecule has 0 aromatic heterocycles. The number of unbranched alkanes of at least 4 members (excludes halogenated alkanes) is 1. The van der Waals surface area contributed by atoms with Crippen LogP contribution in [0, 0.1) is 0 Å². The van der Waals surface area contributed by atoms with E-state index in [2.05, 4.69) is 22.7 Å². The van der Waals surface area contributed by atoms with Crippen LogP contribution in [0.3, 0.4) is 0 Å². The van der Waals surface area contributed by atoms with E-state index in [0.29, 0.717) is 6.54 Å². The number of amidine groups is 1. The molecule has 0 spiro atoms. The molecule has 0 radical (unpaired) electrons. The second kappa shape index (κ2) is 7.08. The molecule has 0 bridgehead atoms. The molecule has 6 nitrogen and oxygen atoms in total. The highest BCUT2D eigenvalue weighted by Crippen LogP contribution is 2.28. The van der Waals surface area contributed by atoms with Gasteiger partial charge in [0.2, 0.25) is 0 Å². The van der Waals surface area contributed by atoms with Crippen LogP contribution in [0.4, 0.5) is 4.79 Å². The lowest BCUT2D eigenvalue weighted by atomic mass is 9.81. The molecule has 2 amide bonds. The SMILES string of the molecule is CCCCNC(=O)NC1(/C(N)=N/O)CCCCC1. The van der Waals surface area contributed by atoms with E-state index in [1.165, 1.54) is 0 Å². The number of amides is 2. The van der Waals surface area contributed by atoms with Crippen molar-refractivity contribution in [3.8, 4) is 0 Å². The number of hydrogen-bond acceptors (Lipinski definition) is 3. The van der Waals surface area contributed by atoms with Crippen LogP contribution in [0.1, 0.15) is 51.9 Å². The predicted octanol–water partition coefficient (Wildman–Crippen LogP) is 1.53. The minimum Gasteiger partial charge on any atom is -0.409 e. The van der Waals surface area contributed by atoms with Crippen molar-refractivity contribution in [3.05, 3.63) is 0 Å². The quantitative estimate of drug-likeness (QED) is 0.197. The summed E-state index contributed by atoms with van der Waals surface area (Å²) in [5.41, 5.74) is 5.07. The smallest absolute Gasteiger partial charge is 0.315 e. The van der Waals surface area contributed by atoms with Gasteiger partial charge in [0.05, 0.1) is 0 Å². The Hall–Kier alpha value is -1.46. The van der Waals surface area contributed by atoms with Gasteiger partial charge < -0.3 is 21.6 Å². The fourth-order valence-electron chi connectivity index (χ4n) is 2.34. The Labute approximate surface area is 108 Å². The molecule has 0 aromatic carbocycles. The summed E-state index contributed by atoms with van der Waals surface area (Å²) >= 11 is 0. The highest BCUT2D eigenvalue weighted by molar-refractivity contribution is 5.93. The molecule has 6 heteroatoms. The molecule has 1 saturated carbocycles. The third kappa shape index (κ3) is 3.78. The molecule has 104 valence electrons. The van der Waals surface area contributed by atoms with Gasteiger partial charge in [-0.1, -0.05) is 37.8 Å². The number of carbonyl (C=O) groups is 1. The third-order valence-electron chi connectivity index (χ3n) is 3.47. The van der Waals surface area contributed by atoms with Crippen LogP contribution in [-0.4, -0.2) is 29.2 Å². The van der Waals surface area contributed by atoms with Crippen molar-refractivity contribution in [2.24, 2.45) is 10.9 Å². The Morgan fingerprint density at radius 3 is 2.61 bits per heavy atom. The Balaban J connectivity index is 2.58. The number of oxime groups is 1. The first-order valence-electron chi connectivity index (χ1n) is 6.68. The summed E-state index contributed by atoms with van der Waals surface area (Å²) in [5.74, 6) is 0.104. The predicted molar refractivity (Wildman–Crippen MR) is 70.7 cm³/mol. The molecular weight excluding hydrogens is 232 g/mol. The number of rotatable bonds is 5. The topological polar surface area (TPSA) is 99.7 Å². The van der Waals surface area contributed by atoms with Crippen LogP contribution in [0.25, 0.3) is 0 Å². The van der Waals surface area contributed by atoms with Gasteiger partial charge in [0.25, 0.3) is 0 Å². The zero-order valence-corrected chi connectivity index (χ0v) is 11.0. The summed E-state index contributed by atoms with van der Waals surface area (Å²) in [7, 11) is 0. The lowest BCUT2D eigenvalue weighted by Gasteiger charge is -2.36. The molecule has 18 heavy (non-hydrogen) atoms. The van der Waals surface area contributed by atoms with Gasteiger partial charge in [0.1, 0.15) is 5.54 Å². The molecule has 5 N–H and O–H groups in total. The summed E-state index contributed by atoms with van der Waals surface area (Å²) in [6, 6.07) is -0.239. The van der Waals surface area contributed by atoms with Crippen LogP contribution in [-0.2, 0) is 0 Å². The lowest BCUT2D eigenvalue weighted by molar-refractivity contribution is 0.222. The van der Waals surface area contributed by atoms with Crippen molar-refractivity contribution < 1.29 is 10.0 Å². The third-order valence-corrected chi connectivity index (χ3v) is 3.47. The Kier molecular flexibility index (Phi) is 5.74.